The fourth-order valence-corrected chi connectivity index (χ4v) is 3.58. The van der Waals surface area contributed by atoms with Gasteiger partial charge in [-0.25, -0.2) is 0 Å². The van der Waals surface area contributed by atoms with Crippen LogP contribution in [0.4, 0.5) is 0 Å². The van der Waals surface area contributed by atoms with Gasteiger partial charge in [0.25, 0.3) is 0 Å². The second-order valence-electron chi connectivity index (χ2n) is 5.97. The molecule has 3 rings (SSSR count). The lowest BCUT2D eigenvalue weighted by molar-refractivity contribution is 0.307. The van der Waals surface area contributed by atoms with E-state index in [0.29, 0.717) is 0 Å². The first-order valence-electron chi connectivity index (χ1n) is 7.27. The summed E-state index contributed by atoms with van der Waals surface area (Å²) in [4.78, 5) is 3.90. The average Bonchev–Trinajstić information content (AvgIpc) is 3.27. The van der Waals surface area contributed by atoms with E-state index in [1.54, 1.807) is 0 Å². The van der Waals surface area contributed by atoms with Crippen molar-refractivity contribution in [3.63, 3.8) is 0 Å². The van der Waals surface area contributed by atoms with Crippen molar-refractivity contribution in [2.45, 2.75) is 38.3 Å². The maximum atomic E-state index is 3.82. The molecule has 2 aliphatic carbocycles. The van der Waals surface area contributed by atoms with Crippen molar-refractivity contribution in [2.24, 2.45) is 11.8 Å². The molecule has 1 aromatic rings. The Morgan fingerprint density at radius 2 is 2.06 bits per heavy atom. The first-order chi connectivity index (χ1) is 8.83. The minimum atomic E-state index is 0.847. The SMILES string of the molecule is CN(CCNC(C1CC1)C1CC1)Cc1cccs1. The van der Waals surface area contributed by atoms with Crippen molar-refractivity contribution in [3.05, 3.63) is 22.4 Å². The zero-order valence-electron chi connectivity index (χ0n) is 11.3. The van der Waals surface area contributed by atoms with Crippen molar-refractivity contribution in [1.82, 2.24) is 10.2 Å². The Labute approximate surface area is 114 Å². The second-order valence-corrected chi connectivity index (χ2v) is 7.00. The van der Waals surface area contributed by atoms with Crippen LogP contribution in [0.3, 0.4) is 0 Å². The minimum absolute atomic E-state index is 0.847. The van der Waals surface area contributed by atoms with Crippen molar-refractivity contribution >= 4 is 11.3 Å². The van der Waals surface area contributed by atoms with Crippen LogP contribution in [0.1, 0.15) is 30.6 Å². The quantitative estimate of drug-likeness (QED) is 0.776. The topological polar surface area (TPSA) is 15.3 Å². The predicted octanol–water partition coefficient (Wildman–Crippen LogP) is 2.96. The summed E-state index contributed by atoms with van der Waals surface area (Å²) >= 11 is 1.86. The molecule has 0 aromatic carbocycles. The summed E-state index contributed by atoms with van der Waals surface area (Å²) in [7, 11) is 2.23. The van der Waals surface area contributed by atoms with Crippen LogP contribution in [0, 0.1) is 11.8 Å². The highest BCUT2D eigenvalue weighted by Gasteiger charge is 2.40. The highest BCUT2D eigenvalue weighted by atomic mass is 32.1. The van der Waals surface area contributed by atoms with Crippen LogP contribution < -0.4 is 5.32 Å². The predicted molar refractivity (Wildman–Crippen MR) is 77.9 cm³/mol. The highest BCUT2D eigenvalue weighted by molar-refractivity contribution is 7.09. The molecule has 0 unspecified atom stereocenters. The standard InChI is InChI=1S/C15H24N2S/c1-17(11-14-3-2-10-18-14)9-8-16-15(12-4-5-12)13-6-7-13/h2-3,10,12-13,15-16H,4-9,11H2,1H3. The van der Waals surface area contributed by atoms with Crippen LogP contribution in [-0.2, 0) is 6.54 Å². The number of hydrogen-bond donors (Lipinski definition) is 1. The Balaban J connectivity index is 1.35. The zero-order valence-corrected chi connectivity index (χ0v) is 12.1. The lowest BCUT2D eigenvalue weighted by Gasteiger charge is -2.21. The first kappa shape index (κ1) is 12.6. The molecular weight excluding hydrogens is 240 g/mol. The van der Waals surface area contributed by atoms with Gasteiger partial charge in [-0.15, -0.1) is 11.3 Å². The van der Waals surface area contributed by atoms with E-state index >= 15 is 0 Å². The third kappa shape index (κ3) is 3.56. The molecule has 3 heteroatoms. The van der Waals surface area contributed by atoms with E-state index in [4.69, 9.17) is 0 Å². The third-order valence-electron chi connectivity index (χ3n) is 4.14. The van der Waals surface area contributed by atoms with Crippen LogP contribution >= 0.6 is 11.3 Å². The molecule has 2 aliphatic rings. The van der Waals surface area contributed by atoms with Crippen molar-refractivity contribution in [3.8, 4) is 0 Å². The second kappa shape index (κ2) is 5.72. The molecule has 0 amide bonds. The van der Waals surface area contributed by atoms with E-state index in [2.05, 4.69) is 34.8 Å². The summed E-state index contributed by atoms with van der Waals surface area (Å²) in [5.74, 6) is 2.03. The summed E-state index contributed by atoms with van der Waals surface area (Å²) in [5, 5.41) is 5.98. The summed E-state index contributed by atoms with van der Waals surface area (Å²) in [6.07, 6.45) is 5.89. The van der Waals surface area contributed by atoms with Crippen LogP contribution in [-0.4, -0.2) is 31.1 Å². The van der Waals surface area contributed by atoms with Gasteiger partial charge in [0.2, 0.25) is 0 Å². The number of nitrogens with one attached hydrogen (secondary N) is 1. The molecule has 0 atom stereocenters. The Morgan fingerprint density at radius 3 is 2.61 bits per heavy atom. The van der Waals surface area contributed by atoms with Gasteiger partial charge in [0.1, 0.15) is 0 Å². The molecule has 0 aliphatic heterocycles. The molecular formula is C15H24N2S. The molecule has 2 nitrogen and oxygen atoms in total. The van der Waals surface area contributed by atoms with Crippen LogP contribution in [0.2, 0.25) is 0 Å². The maximum Gasteiger partial charge on any atom is 0.0325 e. The van der Waals surface area contributed by atoms with E-state index in [1.807, 2.05) is 11.3 Å². The van der Waals surface area contributed by atoms with Crippen molar-refractivity contribution in [2.75, 3.05) is 20.1 Å². The third-order valence-corrected chi connectivity index (χ3v) is 5.00. The van der Waals surface area contributed by atoms with Crippen LogP contribution in [0.25, 0.3) is 0 Å². The molecule has 100 valence electrons. The van der Waals surface area contributed by atoms with Crippen LogP contribution in [0.15, 0.2) is 17.5 Å². The molecule has 0 spiro atoms. The van der Waals surface area contributed by atoms with Gasteiger partial charge in [-0.05, 0) is 56.0 Å². The fourth-order valence-electron chi connectivity index (χ4n) is 2.80. The van der Waals surface area contributed by atoms with E-state index in [0.717, 1.165) is 37.5 Å². The first-order valence-corrected chi connectivity index (χ1v) is 8.15. The molecule has 18 heavy (non-hydrogen) atoms. The number of rotatable bonds is 8. The van der Waals surface area contributed by atoms with Gasteiger partial charge >= 0.3 is 0 Å². The van der Waals surface area contributed by atoms with E-state index in [-0.39, 0.29) is 0 Å². The van der Waals surface area contributed by atoms with Gasteiger partial charge in [-0.3, -0.25) is 0 Å². The molecule has 0 radical (unpaired) electrons. The number of hydrogen-bond acceptors (Lipinski definition) is 3. The van der Waals surface area contributed by atoms with Gasteiger partial charge in [-0.2, -0.15) is 0 Å². The summed E-state index contributed by atoms with van der Waals surface area (Å²) in [6, 6.07) is 5.22. The fraction of sp³-hybridized carbons (Fsp3) is 0.733. The van der Waals surface area contributed by atoms with E-state index in [1.165, 1.54) is 30.6 Å². The lowest BCUT2D eigenvalue weighted by Crippen LogP contribution is -2.38. The van der Waals surface area contributed by atoms with Gasteiger partial charge in [-0.1, -0.05) is 6.07 Å². The molecule has 0 bridgehead atoms. The van der Waals surface area contributed by atoms with Gasteiger partial charge < -0.3 is 10.2 Å². The molecule has 2 fully saturated rings. The normalized spacial score (nSPS) is 19.9. The average molecular weight is 264 g/mol. The largest absolute Gasteiger partial charge is 0.312 e. The van der Waals surface area contributed by atoms with Crippen molar-refractivity contribution in [1.29, 1.82) is 0 Å². The molecule has 1 N–H and O–H groups in total. The number of likely N-dealkylation sites (N-methyl/N-ethyl adjacent to an activating group) is 1. The Hall–Kier alpha value is -0.380. The monoisotopic (exact) mass is 264 g/mol. The summed E-state index contributed by atoms with van der Waals surface area (Å²) < 4.78 is 0. The van der Waals surface area contributed by atoms with Crippen molar-refractivity contribution < 1.29 is 0 Å². The molecule has 0 saturated heterocycles. The minimum Gasteiger partial charge on any atom is -0.312 e. The Bertz CT molecular complexity index is 343. The Morgan fingerprint density at radius 1 is 1.33 bits per heavy atom. The van der Waals surface area contributed by atoms with E-state index in [9.17, 15) is 0 Å². The number of nitrogens with zero attached hydrogens (tertiary/aromatic N) is 1. The van der Waals surface area contributed by atoms with Gasteiger partial charge in [0, 0.05) is 30.6 Å². The maximum absolute atomic E-state index is 3.82. The summed E-state index contributed by atoms with van der Waals surface area (Å²) in [6.45, 7) is 3.41. The van der Waals surface area contributed by atoms with Crippen LogP contribution in [0.5, 0.6) is 0 Å². The Kier molecular flexibility index (Phi) is 4.02. The van der Waals surface area contributed by atoms with Gasteiger partial charge in [0.15, 0.2) is 0 Å². The summed E-state index contributed by atoms with van der Waals surface area (Å²) in [5.41, 5.74) is 0. The molecule has 2 saturated carbocycles. The smallest absolute Gasteiger partial charge is 0.0325 e. The zero-order chi connectivity index (χ0) is 12.4. The molecule has 1 aromatic heterocycles. The van der Waals surface area contributed by atoms with E-state index < -0.39 is 0 Å². The molecule has 1 heterocycles. The lowest BCUT2D eigenvalue weighted by atomic mass is 10.1. The highest BCUT2D eigenvalue weighted by Crippen LogP contribution is 2.44. The van der Waals surface area contributed by atoms with Gasteiger partial charge in [0.05, 0.1) is 0 Å². The number of thiophene rings is 1.